The van der Waals surface area contributed by atoms with Gasteiger partial charge in [0.05, 0.1) is 0 Å². The summed E-state index contributed by atoms with van der Waals surface area (Å²) >= 11 is 0. The van der Waals surface area contributed by atoms with Gasteiger partial charge in [-0.15, -0.1) is 0 Å². The summed E-state index contributed by atoms with van der Waals surface area (Å²) in [6, 6.07) is 0. The minimum Gasteiger partial charge on any atom is -0.356 e. The molecule has 1 N–H and O–H groups in total. The Morgan fingerprint density at radius 2 is 1.71 bits per heavy atom. The Balaban J connectivity index is 2.34. The van der Waals surface area contributed by atoms with Gasteiger partial charge in [0.1, 0.15) is 0 Å². The Hall–Kier alpha value is -1.27. The number of nitrogens with one attached hydrogen (secondary N) is 1. The van der Waals surface area contributed by atoms with Crippen LogP contribution in [0.2, 0.25) is 0 Å². The molecule has 0 bridgehead atoms. The number of halogens is 3. The summed E-state index contributed by atoms with van der Waals surface area (Å²) in [5.74, 6) is -1.62. The maximum atomic E-state index is 12.3. The lowest BCUT2D eigenvalue weighted by Gasteiger charge is -2.32. The molecule has 1 heterocycles. The van der Waals surface area contributed by atoms with E-state index in [0.717, 1.165) is 17.7 Å². The van der Waals surface area contributed by atoms with Crippen molar-refractivity contribution in [1.29, 1.82) is 0 Å². The van der Waals surface area contributed by atoms with E-state index >= 15 is 0 Å². The average Bonchev–Trinajstić information content (AvgIpc) is 2.45. The second-order valence-corrected chi connectivity index (χ2v) is 5.49. The summed E-state index contributed by atoms with van der Waals surface area (Å²) in [6.45, 7) is 4.58. The van der Waals surface area contributed by atoms with E-state index in [0.29, 0.717) is 19.4 Å². The molecule has 7 heteroatoms. The lowest BCUT2D eigenvalue weighted by Crippen LogP contribution is -2.47. The monoisotopic (exact) mass is 308 g/mol. The number of nitrogens with zero attached hydrogens (tertiary/aromatic N) is 1. The van der Waals surface area contributed by atoms with Crippen LogP contribution in [0.25, 0.3) is 0 Å². The lowest BCUT2D eigenvalue weighted by atomic mass is 9.96. The third kappa shape index (κ3) is 5.21. The molecule has 0 aromatic heterocycles. The highest BCUT2D eigenvalue weighted by Gasteiger charge is 2.43. The molecule has 0 aromatic carbocycles. The maximum absolute atomic E-state index is 12.3. The summed E-state index contributed by atoms with van der Waals surface area (Å²) in [5, 5.41) is 2.86. The summed E-state index contributed by atoms with van der Waals surface area (Å²) in [7, 11) is 0. The van der Waals surface area contributed by atoms with Crippen molar-refractivity contribution in [3.8, 4) is 0 Å². The van der Waals surface area contributed by atoms with Crippen LogP contribution < -0.4 is 5.32 Å². The van der Waals surface area contributed by atoms with Gasteiger partial charge < -0.3 is 10.2 Å². The third-order valence-electron chi connectivity index (χ3n) is 4.07. The molecular formula is C14H23F3N2O2. The van der Waals surface area contributed by atoms with Crippen molar-refractivity contribution in [2.45, 2.75) is 45.7 Å². The van der Waals surface area contributed by atoms with Crippen molar-refractivity contribution in [3.05, 3.63) is 0 Å². The van der Waals surface area contributed by atoms with Crippen LogP contribution in [0.4, 0.5) is 13.2 Å². The van der Waals surface area contributed by atoms with Crippen LogP contribution in [0.15, 0.2) is 0 Å². The average molecular weight is 308 g/mol. The number of rotatable bonds is 5. The Labute approximate surface area is 123 Å². The van der Waals surface area contributed by atoms with Gasteiger partial charge in [0.15, 0.2) is 0 Å². The molecule has 0 radical (unpaired) electrons. The van der Waals surface area contributed by atoms with Gasteiger partial charge in [0.2, 0.25) is 5.91 Å². The molecule has 0 unspecified atom stereocenters. The zero-order valence-electron chi connectivity index (χ0n) is 12.5. The number of alkyl halides is 3. The van der Waals surface area contributed by atoms with Crippen LogP contribution >= 0.6 is 0 Å². The van der Waals surface area contributed by atoms with Crippen molar-refractivity contribution in [3.63, 3.8) is 0 Å². The number of hydrogen-bond donors (Lipinski definition) is 1. The van der Waals surface area contributed by atoms with E-state index in [2.05, 4.69) is 5.32 Å². The van der Waals surface area contributed by atoms with E-state index in [-0.39, 0.29) is 30.8 Å². The Morgan fingerprint density at radius 1 is 1.19 bits per heavy atom. The van der Waals surface area contributed by atoms with E-state index in [4.69, 9.17) is 0 Å². The predicted octanol–water partition coefficient (Wildman–Crippen LogP) is 2.34. The minimum atomic E-state index is -4.80. The van der Waals surface area contributed by atoms with Crippen molar-refractivity contribution in [2.75, 3.05) is 19.6 Å². The quantitative estimate of drug-likeness (QED) is 0.847. The van der Waals surface area contributed by atoms with E-state index in [1.165, 1.54) is 0 Å². The van der Waals surface area contributed by atoms with Crippen molar-refractivity contribution < 1.29 is 22.8 Å². The predicted molar refractivity (Wildman–Crippen MR) is 72.4 cm³/mol. The second-order valence-electron chi connectivity index (χ2n) is 5.49. The zero-order chi connectivity index (χ0) is 16.0. The maximum Gasteiger partial charge on any atom is 0.471 e. The highest BCUT2D eigenvalue weighted by Crippen LogP contribution is 2.23. The number of amides is 2. The van der Waals surface area contributed by atoms with Crippen LogP contribution in [-0.4, -0.2) is 42.5 Å². The van der Waals surface area contributed by atoms with Crippen LogP contribution in [0.1, 0.15) is 39.5 Å². The largest absolute Gasteiger partial charge is 0.471 e. The summed E-state index contributed by atoms with van der Waals surface area (Å²) in [6.07, 6.45) is -2.26. The molecule has 1 rings (SSSR count). The third-order valence-corrected chi connectivity index (χ3v) is 4.07. The lowest BCUT2D eigenvalue weighted by molar-refractivity contribution is -0.186. The van der Waals surface area contributed by atoms with Gasteiger partial charge in [-0.05, 0) is 31.6 Å². The molecule has 0 saturated carbocycles. The van der Waals surface area contributed by atoms with Crippen molar-refractivity contribution in [2.24, 2.45) is 11.8 Å². The van der Waals surface area contributed by atoms with Crippen LogP contribution in [0.5, 0.6) is 0 Å². The highest BCUT2D eigenvalue weighted by molar-refractivity contribution is 5.82. The number of hydrogen-bond acceptors (Lipinski definition) is 2. The van der Waals surface area contributed by atoms with Gasteiger partial charge in [-0.2, -0.15) is 13.2 Å². The first-order valence-electron chi connectivity index (χ1n) is 7.43. The number of piperidine rings is 1. The fourth-order valence-electron chi connectivity index (χ4n) is 2.57. The van der Waals surface area contributed by atoms with Gasteiger partial charge in [0.25, 0.3) is 0 Å². The van der Waals surface area contributed by atoms with Crippen LogP contribution in [-0.2, 0) is 9.59 Å². The van der Waals surface area contributed by atoms with Crippen LogP contribution in [0.3, 0.4) is 0 Å². The fraction of sp³-hybridized carbons (Fsp3) is 0.857. The topological polar surface area (TPSA) is 49.4 Å². The number of likely N-dealkylation sites (tertiary alicyclic amines) is 1. The second kappa shape index (κ2) is 7.66. The molecule has 1 saturated heterocycles. The normalized spacial score (nSPS) is 17.1. The molecule has 2 amide bonds. The van der Waals surface area contributed by atoms with Crippen molar-refractivity contribution in [1.82, 2.24) is 10.2 Å². The van der Waals surface area contributed by atoms with Gasteiger partial charge in [-0.3, -0.25) is 9.59 Å². The Morgan fingerprint density at radius 3 is 2.14 bits per heavy atom. The molecule has 0 aromatic rings. The molecular weight excluding hydrogens is 285 g/mol. The first-order chi connectivity index (χ1) is 9.79. The summed E-state index contributed by atoms with van der Waals surface area (Å²) in [5.41, 5.74) is 0. The molecule has 1 aliphatic heterocycles. The van der Waals surface area contributed by atoms with Gasteiger partial charge >= 0.3 is 12.1 Å². The molecule has 122 valence electrons. The van der Waals surface area contributed by atoms with Gasteiger partial charge in [-0.25, -0.2) is 0 Å². The number of carbonyl (C=O) groups excluding carboxylic acids is 2. The Kier molecular flexibility index (Phi) is 6.48. The fourth-order valence-corrected chi connectivity index (χ4v) is 2.57. The number of carbonyl (C=O) groups is 2. The first-order valence-corrected chi connectivity index (χ1v) is 7.43. The SMILES string of the molecule is CCC(CC)C(=O)NCC1CCN(C(=O)C(F)(F)F)CC1. The first kappa shape index (κ1) is 17.8. The summed E-state index contributed by atoms with van der Waals surface area (Å²) in [4.78, 5) is 23.8. The smallest absolute Gasteiger partial charge is 0.356 e. The zero-order valence-corrected chi connectivity index (χ0v) is 12.5. The van der Waals surface area contributed by atoms with Gasteiger partial charge in [-0.1, -0.05) is 13.8 Å². The minimum absolute atomic E-state index is 0.00287. The van der Waals surface area contributed by atoms with E-state index in [9.17, 15) is 22.8 Å². The molecule has 21 heavy (non-hydrogen) atoms. The molecule has 0 aliphatic carbocycles. The molecule has 1 fully saturated rings. The van der Waals surface area contributed by atoms with Gasteiger partial charge in [0, 0.05) is 25.6 Å². The van der Waals surface area contributed by atoms with Crippen LogP contribution in [0, 0.1) is 11.8 Å². The van der Waals surface area contributed by atoms with E-state index in [1.807, 2.05) is 13.8 Å². The molecule has 1 aliphatic rings. The van der Waals surface area contributed by atoms with Crippen molar-refractivity contribution >= 4 is 11.8 Å². The molecule has 4 nitrogen and oxygen atoms in total. The molecule has 0 atom stereocenters. The molecule has 0 spiro atoms. The van der Waals surface area contributed by atoms with E-state index in [1.54, 1.807) is 0 Å². The Bertz CT molecular complexity index is 360. The summed E-state index contributed by atoms with van der Waals surface area (Å²) < 4.78 is 36.9. The van der Waals surface area contributed by atoms with E-state index < -0.39 is 12.1 Å². The highest BCUT2D eigenvalue weighted by atomic mass is 19.4. The standard InChI is InChI=1S/C14H23F3N2O2/c1-3-11(4-2)12(20)18-9-10-5-7-19(8-6-10)13(21)14(15,16)17/h10-11H,3-9H2,1-2H3,(H,18,20).